The molecule has 5 nitrogen and oxygen atoms in total. The summed E-state index contributed by atoms with van der Waals surface area (Å²) in [6.07, 6.45) is 2.75. The first-order valence-corrected chi connectivity index (χ1v) is 6.05. The second-order valence-electron chi connectivity index (χ2n) is 5.19. The largest absolute Gasteiger partial charge is 0.480 e. The average Bonchev–Trinajstić information content (AvgIpc) is 3.00. The molecule has 0 aromatic carbocycles. The number of hydrogen-bond acceptors (Lipinski definition) is 3. The summed E-state index contributed by atoms with van der Waals surface area (Å²) in [7, 11) is 1.58. The van der Waals surface area contributed by atoms with Crippen LogP contribution in [0.1, 0.15) is 26.2 Å². The molecule has 1 saturated heterocycles. The molecule has 96 valence electrons. The van der Waals surface area contributed by atoms with E-state index < -0.39 is 12.0 Å². The van der Waals surface area contributed by atoms with Crippen LogP contribution in [0.5, 0.6) is 0 Å². The van der Waals surface area contributed by atoms with Gasteiger partial charge in [-0.3, -0.25) is 4.79 Å². The number of carboxylic acid groups (broad SMARTS) is 1. The fourth-order valence-corrected chi connectivity index (χ4v) is 2.63. The van der Waals surface area contributed by atoms with Crippen LogP contribution in [-0.2, 0) is 14.3 Å². The number of carbonyl (C=O) groups is 2. The highest BCUT2D eigenvalue weighted by Crippen LogP contribution is 2.59. The lowest BCUT2D eigenvalue weighted by Crippen LogP contribution is -2.42. The van der Waals surface area contributed by atoms with Crippen LogP contribution in [0.3, 0.4) is 0 Å². The third-order valence-corrected chi connectivity index (χ3v) is 4.26. The van der Waals surface area contributed by atoms with Gasteiger partial charge < -0.3 is 14.7 Å². The van der Waals surface area contributed by atoms with Crippen LogP contribution < -0.4 is 0 Å². The average molecular weight is 241 g/mol. The van der Waals surface area contributed by atoms with Gasteiger partial charge in [-0.1, -0.05) is 0 Å². The van der Waals surface area contributed by atoms with Gasteiger partial charge in [-0.05, 0) is 31.6 Å². The van der Waals surface area contributed by atoms with E-state index in [0.29, 0.717) is 0 Å². The molecule has 0 bridgehead atoms. The normalized spacial score (nSPS) is 27.5. The summed E-state index contributed by atoms with van der Waals surface area (Å²) in [6.45, 7) is 2.99. The fraction of sp³-hybridized carbons (Fsp3) is 0.833. The molecule has 17 heavy (non-hydrogen) atoms. The van der Waals surface area contributed by atoms with E-state index in [2.05, 4.69) is 0 Å². The molecule has 0 aromatic heterocycles. The molecule has 0 aromatic rings. The Hall–Kier alpha value is -1.10. The third-order valence-electron chi connectivity index (χ3n) is 4.26. The highest BCUT2D eigenvalue weighted by Gasteiger charge is 2.59. The number of ether oxygens (including phenoxy) is 1. The summed E-state index contributed by atoms with van der Waals surface area (Å²) >= 11 is 0. The van der Waals surface area contributed by atoms with E-state index in [1.165, 1.54) is 4.90 Å². The SMILES string of the molecule is C[C@H](C(=O)O)N(C)C(=O)[C@H]1CC12CCOCC2. The number of nitrogens with zero attached hydrogens (tertiary/aromatic N) is 1. The molecule has 1 spiro atoms. The molecule has 2 rings (SSSR count). The molecule has 1 amide bonds. The fourth-order valence-electron chi connectivity index (χ4n) is 2.63. The zero-order valence-electron chi connectivity index (χ0n) is 10.3. The van der Waals surface area contributed by atoms with Crippen LogP contribution in [-0.4, -0.2) is 48.2 Å². The molecular weight excluding hydrogens is 222 g/mol. The van der Waals surface area contributed by atoms with Crippen molar-refractivity contribution in [3.63, 3.8) is 0 Å². The smallest absolute Gasteiger partial charge is 0.326 e. The van der Waals surface area contributed by atoms with Crippen molar-refractivity contribution in [2.75, 3.05) is 20.3 Å². The Balaban J connectivity index is 1.96. The van der Waals surface area contributed by atoms with Gasteiger partial charge in [0.15, 0.2) is 0 Å². The number of carboxylic acids is 1. The molecule has 1 aliphatic heterocycles. The summed E-state index contributed by atoms with van der Waals surface area (Å²) in [4.78, 5) is 24.3. The van der Waals surface area contributed by atoms with Gasteiger partial charge in [-0.2, -0.15) is 0 Å². The van der Waals surface area contributed by atoms with Crippen molar-refractivity contribution in [2.24, 2.45) is 11.3 Å². The van der Waals surface area contributed by atoms with Crippen LogP contribution >= 0.6 is 0 Å². The maximum absolute atomic E-state index is 12.1. The van der Waals surface area contributed by atoms with Crippen LogP contribution in [0.4, 0.5) is 0 Å². The first-order chi connectivity index (χ1) is 7.98. The second-order valence-corrected chi connectivity index (χ2v) is 5.19. The summed E-state index contributed by atoms with van der Waals surface area (Å²) in [5, 5.41) is 8.89. The summed E-state index contributed by atoms with van der Waals surface area (Å²) < 4.78 is 5.30. The highest BCUT2D eigenvalue weighted by molar-refractivity contribution is 5.87. The Labute approximate surface area is 101 Å². The van der Waals surface area contributed by atoms with Gasteiger partial charge in [0.1, 0.15) is 6.04 Å². The predicted molar refractivity (Wildman–Crippen MR) is 60.5 cm³/mol. The lowest BCUT2D eigenvalue weighted by Gasteiger charge is -2.26. The van der Waals surface area contributed by atoms with Gasteiger partial charge >= 0.3 is 5.97 Å². The van der Waals surface area contributed by atoms with Crippen molar-refractivity contribution in [3.05, 3.63) is 0 Å². The van der Waals surface area contributed by atoms with E-state index in [-0.39, 0.29) is 17.2 Å². The van der Waals surface area contributed by atoms with Gasteiger partial charge in [0.2, 0.25) is 5.91 Å². The Kier molecular flexibility index (Phi) is 3.12. The van der Waals surface area contributed by atoms with Crippen molar-refractivity contribution in [3.8, 4) is 0 Å². The minimum Gasteiger partial charge on any atom is -0.480 e. The first-order valence-electron chi connectivity index (χ1n) is 6.05. The molecule has 1 saturated carbocycles. The van der Waals surface area contributed by atoms with Crippen molar-refractivity contribution >= 4 is 11.9 Å². The first kappa shape index (κ1) is 12.4. The maximum atomic E-state index is 12.1. The molecule has 0 unspecified atom stereocenters. The Bertz CT molecular complexity index is 335. The number of hydrogen-bond donors (Lipinski definition) is 1. The Morgan fingerprint density at radius 3 is 2.53 bits per heavy atom. The molecule has 1 aliphatic carbocycles. The second kappa shape index (κ2) is 4.29. The molecule has 2 fully saturated rings. The number of amides is 1. The topological polar surface area (TPSA) is 66.8 Å². The van der Waals surface area contributed by atoms with E-state index in [1.54, 1.807) is 14.0 Å². The molecule has 2 atom stereocenters. The highest BCUT2D eigenvalue weighted by atomic mass is 16.5. The third kappa shape index (κ3) is 2.16. The van der Waals surface area contributed by atoms with E-state index in [4.69, 9.17) is 9.84 Å². The molecule has 1 heterocycles. The van der Waals surface area contributed by atoms with Gasteiger partial charge in [0.25, 0.3) is 0 Å². The monoisotopic (exact) mass is 241 g/mol. The van der Waals surface area contributed by atoms with Crippen molar-refractivity contribution in [2.45, 2.75) is 32.2 Å². The van der Waals surface area contributed by atoms with Crippen molar-refractivity contribution in [1.82, 2.24) is 4.90 Å². The zero-order chi connectivity index (χ0) is 12.6. The minimum atomic E-state index is -0.956. The molecule has 1 N–H and O–H groups in total. The molecule has 2 aliphatic rings. The number of likely N-dealkylation sites (N-methyl/N-ethyl adjacent to an activating group) is 1. The zero-order valence-corrected chi connectivity index (χ0v) is 10.3. The summed E-state index contributed by atoms with van der Waals surface area (Å²) in [6, 6.07) is -0.750. The van der Waals surface area contributed by atoms with E-state index >= 15 is 0 Å². The summed E-state index contributed by atoms with van der Waals surface area (Å²) in [5.74, 6) is -0.970. The minimum absolute atomic E-state index is 0.0122. The number of rotatable bonds is 3. The van der Waals surface area contributed by atoms with Crippen LogP contribution in [0, 0.1) is 11.3 Å². The molecular formula is C12H19NO4. The Morgan fingerprint density at radius 2 is 2.00 bits per heavy atom. The molecule has 5 heteroatoms. The lowest BCUT2D eigenvalue weighted by molar-refractivity contribution is -0.149. The van der Waals surface area contributed by atoms with E-state index in [9.17, 15) is 9.59 Å². The van der Waals surface area contributed by atoms with E-state index in [0.717, 1.165) is 32.5 Å². The standard InChI is InChI=1S/C12H19NO4/c1-8(11(15)16)13(2)10(14)9-7-12(9)3-5-17-6-4-12/h8-9H,3-7H2,1-2H3,(H,15,16)/t8-,9-/m1/s1. The van der Waals surface area contributed by atoms with Gasteiger partial charge in [0, 0.05) is 26.2 Å². The van der Waals surface area contributed by atoms with Gasteiger partial charge in [-0.15, -0.1) is 0 Å². The van der Waals surface area contributed by atoms with Crippen LogP contribution in [0.15, 0.2) is 0 Å². The quantitative estimate of drug-likeness (QED) is 0.791. The predicted octanol–water partition coefficient (Wildman–Crippen LogP) is 0.735. The lowest BCUT2D eigenvalue weighted by atomic mass is 9.93. The maximum Gasteiger partial charge on any atom is 0.326 e. The van der Waals surface area contributed by atoms with Crippen LogP contribution in [0.2, 0.25) is 0 Å². The van der Waals surface area contributed by atoms with Crippen LogP contribution in [0.25, 0.3) is 0 Å². The van der Waals surface area contributed by atoms with E-state index in [1.807, 2.05) is 0 Å². The van der Waals surface area contributed by atoms with Crippen molar-refractivity contribution in [1.29, 1.82) is 0 Å². The number of aliphatic carboxylic acids is 1. The molecule has 0 radical (unpaired) electrons. The van der Waals surface area contributed by atoms with Crippen molar-refractivity contribution < 1.29 is 19.4 Å². The van der Waals surface area contributed by atoms with Gasteiger partial charge in [-0.25, -0.2) is 4.79 Å². The summed E-state index contributed by atoms with van der Waals surface area (Å²) in [5.41, 5.74) is 0.113. The van der Waals surface area contributed by atoms with Gasteiger partial charge in [0.05, 0.1) is 0 Å². The number of carbonyl (C=O) groups excluding carboxylic acids is 1. The Morgan fingerprint density at radius 1 is 1.41 bits per heavy atom.